The Labute approximate surface area is 181 Å². The third-order valence-corrected chi connectivity index (χ3v) is 4.24. The number of para-hydroxylation sites is 1. The van der Waals surface area contributed by atoms with Crippen LogP contribution in [0.2, 0.25) is 0 Å². The Hall–Kier alpha value is -0.760. The number of amides is 1. The molecule has 2 rings (SSSR count). The lowest BCUT2D eigenvalue weighted by atomic mass is 10.2. The summed E-state index contributed by atoms with van der Waals surface area (Å²) in [5.41, 5.74) is 1.31. The predicted molar refractivity (Wildman–Crippen MR) is 119 cm³/mol. The summed E-state index contributed by atoms with van der Waals surface area (Å²) in [4.78, 5) is 16.5. The molecule has 0 unspecified atom stereocenters. The summed E-state index contributed by atoms with van der Waals surface area (Å²) in [6, 6.07) is 10.6. The second-order valence-electron chi connectivity index (χ2n) is 6.04. The maximum atomic E-state index is 11.6. The molecule has 1 saturated heterocycles. The lowest BCUT2D eigenvalue weighted by Crippen LogP contribution is -2.47. The van der Waals surface area contributed by atoms with Crippen LogP contribution in [0.1, 0.15) is 6.42 Å². The molecule has 1 aliphatic rings. The summed E-state index contributed by atoms with van der Waals surface area (Å²) >= 11 is 0. The number of piperazine rings is 1. The van der Waals surface area contributed by atoms with Crippen LogP contribution in [0.5, 0.6) is 0 Å². The quantitative estimate of drug-likeness (QED) is 0.540. The van der Waals surface area contributed by atoms with Crippen molar-refractivity contribution in [1.82, 2.24) is 15.5 Å². The van der Waals surface area contributed by atoms with Crippen molar-refractivity contribution in [3.05, 3.63) is 30.3 Å². The first kappa shape index (κ1) is 28.4. The molecule has 2 N–H and O–H groups in total. The fourth-order valence-corrected chi connectivity index (χ4v) is 2.84. The third kappa shape index (κ3) is 11.6. The van der Waals surface area contributed by atoms with Crippen molar-refractivity contribution >= 4 is 48.8 Å². The van der Waals surface area contributed by atoms with Crippen molar-refractivity contribution in [1.29, 1.82) is 0 Å². The highest BCUT2D eigenvalue weighted by molar-refractivity contribution is 5.86. The number of carbonyl (C=O) groups excluding carboxylic acids is 1. The van der Waals surface area contributed by atoms with Crippen LogP contribution in [0.25, 0.3) is 0 Å². The summed E-state index contributed by atoms with van der Waals surface area (Å²) in [6.07, 6.45) is 0.995. The summed E-state index contributed by atoms with van der Waals surface area (Å²) in [6.45, 7) is 7.78. The maximum absolute atomic E-state index is 11.6. The Morgan fingerprint density at radius 1 is 1.04 bits per heavy atom. The zero-order valence-corrected chi connectivity index (χ0v) is 18.3. The fraction of sp³-hybridized carbons (Fsp3) is 0.611. The van der Waals surface area contributed by atoms with Crippen LogP contribution in [-0.2, 0) is 9.53 Å². The van der Waals surface area contributed by atoms with Crippen molar-refractivity contribution in [2.24, 2.45) is 0 Å². The molecule has 27 heavy (non-hydrogen) atoms. The number of ether oxygens (including phenoxy) is 1. The van der Waals surface area contributed by atoms with Gasteiger partial charge < -0.3 is 20.3 Å². The summed E-state index contributed by atoms with van der Waals surface area (Å²) in [7, 11) is 1.65. The highest BCUT2D eigenvalue weighted by Gasteiger charge is 2.16. The molecule has 1 aromatic carbocycles. The molecule has 1 aliphatic heterocycles. The van der Waals surface area contributed by atoms with Gasteiger partial charge in [0.2, 0.25) is 5.91 Å². The van der Waals surface area contributed by atoms with Crippen LogP contribution in [0.15, 0.2) is 30.3 Å². The molecule has 0 spiro atoms. The van der Waals surface area contributed by atoms with Crippen molar-refractivity contribution in [3.63, 3.8) is 0 Å². The van der Waals surface area contributed by atoms with E-state index in [9.17, 15) is 4.79 Å². The SMILES string of the molecule is COCCNCC(=O)NCCCN1CCN(c2ccccc2)CC1.Cl.Cl.Cl. The number of nitrogens with zero attached hydrogens (tertiary/aromatic N) is 2. The number of benzene rings is 1. The topological polar surface area (TPSA) is 56.8 Å². The van der Waals surface area contributed by atoms with Crippen LogP contribution >= 0.6 is 37.2 Å². The molecule has 0 bridgehead atoms. The van der Waals surface area contributed by atoms with Crippen molar-refractivity contribution in [3.8, 4) is 0 Å². The summed E-state index contributed by atoms with van der Waals surface area (Å²) in [5, 5.41) is 6.00. The van der Waals surface area contributed by atoms with E-state index in [0.717, 1.165) is 45.7 Å². The van der Waals surface area contributed by atoms with Crippen LogP contribution in [0, 0.1) is 0 Å². The Bertz CT molecular complexity index is 475. The van der Waals surface area contributed by atoms with Crippen LogP contribution in [0.3, 0.4) is 0 Å². The van der Waals surface area contributed by atoms with Gasteiger partial charge in [-0.1, -0.05) is 18.2 Å². The minimum atomic E-state index is 0. The number of anilines is 1. The molecule has 0 aliphatic carbocycles. The molecule has 158 valence electrons. The van der Waals surface area contributed by atoms with Crippen molar-refractivity contribution in [2.75, 3.05) is 71.0 Å². The third-order valence-electron chi connectivity index (χ3n) is 4.24. The van der Waals surface area contributed by atoms with Gasteiger partial charge in [-0.15, -0.1) is 37.2 Å². The van der Waals surface area contributed by atoms with Gasteiger partial charge in [-0.2, -0.15) is 0 Å². The van der Waals surface area contributed by atoms with E-state index in [1.807, 2.05) is 0 Å². The van der Waals surface area contributed by atoms with Crippen LogP contribution < -0.4 is 15.5 Å². The highest BCUT2D eigenvalue weighted by atomic mass is 35.5. The second kappa shape index (κ2) is 17.3. The van der Waals surface area contributed by atoms with E-state index in [1.54, 1.807) is 7.11 Å². The number of hydrogen-bond donors (Lipinski definition) is 2. The predicted octanol–water partition coefficient (Wildman–Crippen LogP) is 1.82. The average Bonchev–Trinajstić information content (AvgIpc) is 2.64. The Balaban J connectivity index is 0. The monoisotopic (exact) mass is 442 g/mol. The Morgan fingerprint density at radius 3 is 2.33 bits per heavy atom. The Morgan fingerprint density at radius 2 is 1.70 bits per heavy atom. The molecule has 1 heterocycles. The van der Waals surface area contributed by atoms with Gasteiger partial charge in [-0.05, 0) is 25.1 Å². The average molecular weight is 444 g/mol. The first-order valence-electron chi connectivity index (χ1n) is 8.78. The van der Waals surface area contributed by atoms with Gasteiger partial charge in [0.15, 0.2) is 0 Å². The molecule has 6 nitrogen and oxygen atoms in total. The largest absolute Gasteiger partial charge is 0.383 e. The molecule has 1 amide bonds. The number of methoxy groups -OCH3 is 1. The molecular formula is C18H33Cl3N4O2. The van der Waals surface area contributed by atoms with E-state index >= 15 is 0 Å². The fourth-order valence-electron chi connectivity index (χ4n) is 2.84. The summed E-state index contributed by atoms with van der Waals surface area (Å²) in [5.74, 6) is 0.0556. The molecule has 0 aromatic heterocycles. The van der Waals surface area contributed by atoms with E-state index in [2.05, 4.69) is 50.8 Å². The minimum absolute atomic E-state index is 0. The lowest BCUT2D eigenvalue weighted by Gasteiger charge is -2.36. The maximum Gasteiger partial charge on any atom is 0.233 e. The van der Waals surface area contributed by atoms with E-state index in [4.69, 9.17) is 4.74 Å². The van der Waals surface area contributed by atoms with Crippen molar-refractivity contribution in [2.45, 2.75) is 6.42 Å². The first-order valence-corrected chi connectivity index (χ1v) is 8.78. The Kier molecular flexibility index (Phi) is 18.3. The van der Waals surface area contributed by atoms with E-state index in [-0.39, 0.29) is 43.1 Å². The molecule has 9 heteroatoms. The normalized spacial score (nSPS) is 13.7. The van der Waals surface area contributed by atoms with Gasteiger partial charge in [-0.3, -0.25) is 9.69 Å². The first-order chi connectivity index (χ1) is 11.8. The zero-order chi connectivity index (χ0) is 17.0. The summed E-state index contributed by atoms with van der Waals surface area (Å²) < 4.78 is 4.92. The number of carbonyl (C=O) groups is 1. The zero-order valence-electron chi connectivity index (χ0n) is 15.9. The molecule has 0 atom stereocenters. The molecule has 1 fully saturated rings. The number of halogens is 3. The van der Waals surface area contributed by atoms with Gasteiger partial charge in [0.1, 0.15) is 0 Å². The van der Waals surface area contributed by atoms with Gasteiger partial charge in [-0.25, -0.2) is 0 Å². The molecule has 1 aromatic rings. The smallest absolute Gasteiger partial charge is 0.233 e. The van der Waals surface area contributed by atoms with Crippen molar-refractivity contribution < 1.29 is 9.53 Å². The van der Waals surface area contributed by atoms with E-state index in [0.29, 0.717) is 19.7 Å². The highest BCUT2D eigenvalue weighted by Crippen LogP contribution is 2.15. The molecule has 0 radical (unpaired) electrons. The number of rotatable bonds is 10. The van der Waals surface area contributed by atoms with Gasteiger partial charge in [0.05, 0.1) is 13.2 Å². The van der Waals surface area contributed by atoms with Gasteiger partial charge in [0.25, 0.3) is 0 Å². The van der Waals surface area contributed by atoms with Gasteiger partial charge in [0, 0.05) is 52.1 Å². The van der Waals surface area contributed by atoms with Crippen LogP contribution in [0.4, 0.5) is 5.69 Å². The van der Waals surface area contributed by atoms with E-state index in [1.165, 1.54) is 5.69 Å². The second-order valence-corrected chi connectivity index (χ2v) is 6.04. The number of nitrogens with one attached hydrogen (secondary N) is 2. The minimum Gasteiger partial charge on any atom is -0.383 e. The molecule has 0 saturated carbocycles. The molecular weight excluding hydrogens is 411 g/mol. The van der Waals surface area contributed by atoms with Crippen LogP contribution in [-0.4, -0.2) is 76.9 Å². The van der Waals surface area contributed by atoms with Gasteiger partial charge >= 0.3 is 0 Å². The standard InChI is InChI=1S/C18H30N4O2.3ClH/c1-24-15-9-19-16-18(23)20-8-5-10-21-11-13-22(14-12-21)17-6-3-2-4-7-17;;;/h2-4,6-7,19H,5,8-16H2,1H3,(H,20,23);3*1H. The lowest BCUT2D eigenvalue weighted by molar-refractivity contribution is -0.120. The number of hydrogen-bond acceptors (Lipinski definition) is 5. The van der Waals surface area contributed by atoms with E-state index < -0.39 is 0 Å².